The van der Waals surface area contributed by atoms with Gasteiger partial charge in [-0.1, -0.05) is 18.2 Å². The van der Waals surface area contributed by atoms with Gasteiger partial charge in [0, 0.05) is 31.1 Å². The van der Waals surface area contributed by atoms with Gasteiger partial charge < -0.3 is 9.80 Å². The van der Waals surface area contributed by atoms with Gasteiger partial charge in [0.1, 0.15) is 0 Å². The summed E-state index contributed by atoms with van der Waals surface area (Å²) in [7, 11) is -3.27. The molecule has 6 nitrogen and oxygen atoms in total. The minimum atomic E-state index is -3.27. The van der Waals surface area contributed by atoms with Gasteiger partial charge in [0.05, 0.1) is 22.3 Å². The molecular weight excluding hydrogens is 382 g/mol. The van der Waals surface area contributed by atoms with Crippen molar-refractivity contribution in [1.29, 1.82) is 0 Å². The second-order valence-corrected chi connectivity index (χ2v) is 10.4. The maximum Gasteiger partial charge on any atom is 0.230 e. The quantitative estimate of drug-likeness (QED) is 0.767. The molecule has 1 aromatic heterocycles. The van der Waals surface area contributed by atoms with Crippen molar-refractivity contribution in [2.24, 2.45) is 0 Å². The predicted molar refractivity (Wildman–Crippen MR) is 106 cm³/mol. The summed E-state index contributed by atoms with van der Waals surface area (Å²) < 4.78 is 24.6. The number of anilines is 1. The van der Waals surface area contributed by atoms with Crippen LogP contribution in [0.2, 0.25) is 0 Å². The summed E-state index contributed by atoms with van der Waals surface area (Å²) in [6, 6.07) is 6.94. The van der Waals surface area contributed by atoms with Crippen LogP contribution in [0.1, 0.15) is 28.5 Å². The Bertz CT molecular complexity index is 956. The van der Waals surface area contributed by atoms with E-state index in [0.717, 1.165) is 23.9 Å². The summed E-state index contributed by atoms with van der Waals surface area (Å²) in [6.45, 7) is 6.88. The zero-order valence-corrected chi connectivity index (χ0v) is 17.1. The number of amides is 1. The van der Waals surface area contributed by atoms with Crippen LogP contribution in [0.3, 0.4) is 0 Å². The van der Waals surface area contributed by atoms with Gasteiger partial charge in [0.25, 0.3) is 0 Å². The molecular formula is C19H23N3O3S2. The van der Waals surface area contributed by atoms with Gasteiger partial charge in [-0.05, 0) is 31.9 Å². The topological polar surface area (TPSA) is 70.6 Å². The van der Waals surface area contributed by atoms with Crippen LogP contribution < -0.4 is 4.90 Å². The smallest absolute Gasteiger partial charge is 0.230 e. The molecule has 1 aromatic carbocycles. The molecule has 1 fully saturated rings. The van der Waals surface area contributed by atoms with Crippen molar-refractivity contribution in [3.63, 3.8) is 0 Å². The Morgan fingerprint density at radius 3 is 2.52 bits per heavy atom. The number of nitrogens with zero attached hydrogens (tertiary/aromatic N) is 3. The Hall–Kier alpha value is -1.93. The van der Waals surface area contributed by atoms with Gasteiger partial charge in [-0.15, -0.1) is 11.3 Å². The molecule has 0 radical (unpaired) electrons. The van der Waals surface area contributed by atoms with E-state index in [1.165, 1.54) is 4.88 Å². The molecule has 1 amide bonds. The van der Waals surface area contributed by atoms with E-state index in [2.05, 4.69) is 16.8 Å². The Morgan fingerprint density at radius 2 is 1.85 bits per heavy atom. The number of carbonyl (C=O) groups excluding carboxylic acids is 1. The van der Waals surface area contributed by atoms with Crippen molar-refractivity contribution in [1.82, 2.24) is 9.88 Å². The first-order chi connectivity index (χ1) is 12.9. The molecule has 0 aliphatic carbocycles. The van der Waals surface area contributed by atoms with Crippen LogP contribution in [0.5, 0.6) is 0 Å². The first-order valence-corrected chi connectivity index (χ1v) is 11.6. The van der Waals surface area contributed by atoms with Gasteiger partial charge in [-0.3, -0.25) is 4.79 Å². The molecule has 1 saturated heterocycles. The summed E-state index contributed by atoms with van der Waals surface area (Å²) >= 11 is 1.69. The van der Waals surface area contributed by atoms with Crippen molar-refractivity contribution in [3.05, 3.63) is 40.4 Å². The fraction of sp³-hybridized carbons (Fsp3) is 0.474. The minimum absolute atomic E-state index is 0.0397. The lowest BCUT2D eigenvalue weighted by atomic mass is 9.94. The number of carbonyl (C=O) groups is 1. The lowest BCUT2D eigenvalue weighted by Gasteiger charge is -2.37. The normalized spacial score (nSPS) is 21.8. The number of sulfone groups is 1. The molecule has 0 bridgehead atoms. The Kier molecular flexibility index (Phi) is 4.71. The number of hydrogen-bond acceptors (Lipinski definition) is 6. The van der Waals surface area contributed by atoms with Crippen LogP contribution in [0.25, 0.3) is 0 Å². The van der Waals surface area contributed by atoms with Crippen molar-refractivity contribution in [2.45, 2.75) is 31.1 Å². The highest BCUT2D eigenvalue weighted by Gasteiger charge is 2.36. The van der Waals surface area contributed by atoms with Gasteiger partial charge in [0.2, 0.25) is 5.91 Å². The number of aryl methyl sites for hydroxylation is 2. The van der Waals surface area contributed by atoms with Gasteiger partial charge in [0.15, 0.2) is 15.0 Å². The van der Waals surface area contributed by atoms with Crippen LogP contribution in [0.15, 0.2) is 29.2 Å². The monoisotopic (exact) mass is 405 g/mol. The second kappa shape index (κ2) is 6.91. The molecule has 2 aromatic rings. The van der Waals surface area contributed by atoms with E-state index in [9.17, 15) is 13.2 Å². The molecule has 0 N–H and O–H groups in total. The standard InChI is InChI=1S/C19H23N3O3S2/c1-13-14(2)26-19(20-13)22-10-8-21(9-11-22)18(23)16-7-12-27(24,25)17-6-4-3-5-15(16)17/h3-6,16H,7-12H2,1-2H3. The number of benzene rings is 1. The molecule has 2 aliphatic rings. The average Bonchev–Trinajstić information content (AvgIpc) is 3.00. The maximum absolute atomic E-state index is 13.1. The number of fused-ring (bicyclic) bond motifs is 1. The largest absolute Gasteiger partial charge is 0.345 e. The first kappa shape index (κ1) is 18.4. The number of aromatic nitrogens is 1. The predicted octanol–water partition coefficient (Wildman–Crippen LogP) is 2.37. The van der Waals surface area contributed by atoms with Gasteiger partial charge >= 0.3 is 0 Å². The molecule has 1 atom stereocenters. The third kappa shape index (κ3) is 3.36. The molecule has 3 heterocycles. The highest BCUT2D eigenvalue weighted by molar-refractivity contribution is 7.91. The maximum atomic E-state index is 13.1. The minimum Gasteiger partial charge on any atom is -0.345 e. The SMILES string of the molecule is Cc1nc(N2CCN(C(=O)C3CCS(=O)(=O)c4ccccc43)CC2)sc1C. The van der Waals surface area contributed by atoms with Crippen molar-refractivity contribution in [3.8, 4) is 0 Å². The van der Waals surface area contributed by atoms with E-state index in [4.69, 9.17) is 0 Å². The van der Waals surface area contributed by atoms with Gasteiger partial charge in [-0.25, -0.2) is 13.4 Å². The van der Waals surface area contributed by atoms with E-state index in [-0.39, 0.29) is 17.6 Å². The Labute approximate surface area is 163 Å². The van der Waals surface area contributed by atoms with Crippen LogP contribution in [0.4, 0.5) is 5.13 Å². The summed E-state index contributed by atoms with van der Waals surface area (Å²) in [5, 5.41) is 1.02. The fourth-order valence-electron chi connectivity index (χ4n) is 3.78. The third-order valence-electron chi connectivity index (χ3n) is 5.48. The van der Waals surface area contributed by atoms with E-state index >= 15 is 0 Å². The van der Waals surface area contributed by atoms with E-state index in [0.29, 0.717) is 30.0 Å². The highest BCUT2D eigenvalue weighted by Crippen LogP contribution is 2.35. The fourth-order valence-corrected chi connectivity index (χ4v) is 6.36. The summed E-state index contributed by atoms with van der Waals surface area (Å²) in [5.41, 5.74) is 1.72. The highest BCUT2D eigenvalue weighted by atomic mass is 32.2. The zero-order valence-electron chi connectivity index (χ0n) is 15.5. The van der Waals surface area contributed by atoms with E-state index in [1.54, 1.807) is 29.5 Å². The van der Waals surface area contributed by atoms with Crippen LogP contribution >= 0.6 is 11.3 Å². The van der Waals surface area contributed by atoms with Crippen LogP contribution in [-0.2, 0) is 14.6 Å². The number of piperazine rings is 1. The first-order valence-electron chi connectivity index (χ1n) is 9.16. The van der Waals surface area contributed by atoms with Crippen molar-refractivity contribution >= 4 is 32.2 Å². The number of rotatable bonds is 2. The Morgan fingerprint density at radius 1 is 1.15 bits per heavy atom. The third-order valence-corrected chi connectivity index (χ3v) is 8.43. The number of hydrogen-bond donors (Lipinski definition) is 0. The number of thiazole rings is 1. The van der Waals surface area contributed by atoms with Crippen LogP contribution in [-0.4, -0.2) is 56.1 Å². The molecule has 0 saturated carbocycles. The molecule has 144 valence electrons. The molecule has 8 heteroatoms. The van der Waals surface area contributed by atoms with E-state index in [1.807, 2.05) is 17.9 Å². The van der Waals surface area contributed by atoms with Gasteiger partial charge in [-0.2, -0.15) is 0 Å². The van der Waals surface area contributed by atoms with Crippen LogP contribution in [0, 0.1) is 13.8 Å². The second-order valence-electron chi connectivity index (χ2n) is 7.15. The Balaban J connectivity index is 1.49. The van der Waals surface area contributed by atoms with Crippen molar-refractivity contribution in [2.75, 3.05) is 36.8 Å². The lowest BCUT2D eigenvalue weighted by molar-refractivity contribution is -0.133. The zero-order chi connectivity index (χ0) is 19.2. The van der Waals surface area contributed by atoms with E-state index < -0.39 is 9.84 Å². The molecule has 2 aliphatic heterocycles. The average molecular weight is 406 g/mol. The molecule has 27 heavy (non-hydrogen) atoms. The molecule has 4 rings (SSSR count). The molecule has 1 unspecified atom stereocenters. The molecule has 0 spiro atoms. The summed E-state index contributed by atoms with van der Waals surface area (Å²) in [5.74, 6) is -0.276. The summed E-state index contributed by atoms with van der Waals surface area (Å²) in [6.07, 6.45) is 0.364. The van der Waals surface area contributed by atoms with Crippen molar-refractivity contribution < 1.29 is 13.2 Å². The lowest BCUT2D eigenvalue weighted by Crippen LogP contribution is -2.50. The summed E-state index contributed by atoms with van der Waals surface area (Å²) in [4.78, 5) is 23.4.